The molecule has 1 heterocycles. The Hall–Kier alpha value is -1.90. The van der Waals surface area contributed by atoms with E-state index in [4.69, 9.17) is 0 Å². The Morgan fingerprint density at radius 2 is 1.94 bits per heavy atom. The molecule has 18 heavy (non-hydrogen) atoms. The van der Waals surface area contributed by atoms with Crippen molar-refractivity contribution in [2.75, 3.05) is 0 Å². The molecule has 0 spiro atoms. The first-order valence-corrected chi connectivity index (χ1v) is 5.91. The predicted molar refractivity (Wildman–Crippen MR) is 55.1 cm³/mol. The lowest BCUT2D eigenvalue weighted by molar-refractivity contribution is -0.0499. The molecule has 0 saturated heterocycles. The number of alkyl halides is 3. The normalized spacial score (nSPS) is 12.6. The first kappa shape index (κ1) is 12.6. The topological polar surface area (TPSA) is 69.2 Å². The van der Waals surface area contributed by atoms with Gasteiger partial charge in [-0.15, -0.1) is 0 Å². The van der Waals surface area contributed by atoms with Crippen LogP contribution in [-0.4, -0.2) is 23.9 Å². The Kier molecular flexibility index (Phi) is 2.85. The molecule has 0 saturated carbocycles. The van der Waals surface area contributed by atoms with Crippen LogP contribution in [0.1, 0.15) is 0 Å². The lowest BCUT2D eigenvalue weighted by Crippen LogP contribution is -2.28. The van der Waals surface area contributed by atoms with Crippen LogP contribution >= 0.6 is 0 Å². The fraction of sp³-hybridized carbons (Fsp3) is 0.111. The second-order valence-corrected chi connectivity index (χ2v) is 4.73. The average molecular weight is 278 g/mol. The summed E-state index contributed by atoms with van der Waals surface area (Å²) in [5, 5.41) is 0.0767. The largest absolute Gasteiger partial charge is 0.534 e. The van der Waals surface area contributed by atoms with E-state index in [1.807, 2.05) is 0 Å². The van der Waals surface area contributed by atoms with Gasteiger partial charge in [0.2, 0.25) is 0 Å². The molecular weight excluding hydrogens is 273 g/mol. The van der Waals surface area contributed by atoms with Crippen LogP contribution in [0.25, 0.3) is 10.9 Å². The molecule has 0 aliphatic heterocycles. The zero-order valence-electron chi connectivity index (χ0n) is 8.55. The van der Waals surface area contributed by atoms with Gasteiger partial charge in [0.05, 0.1) is 10.9 Å². The lowest BCUT2D eigenvalue weighted by atomic mass is 10.2. The third-order valence-corrected chi connectivity index (χ3v) is 2.96. The van der Waals surface area contributed by atoms with Crippen LogP contribution in [0, 0.1) is 0 Å². The molecule has 0 amide bonds. The van der Waals surface area contributed by atoms with E-state index >= 15 is 0 Å². The van der Waals surface area contributed by atoms with Crippen LogP contribution in [0.2, 0.25) is 0 Å². The summed E-state index contributed by atoms with van der Waals surface area (Å²) >= 11 is 0. The van der Waals surface area contributed by atoms with Crippen molar-refractivity contribution < 1.29 is 25.8 Å². The van der Waals surface area contributed by atoms with Crippen molar-refractivity contribution in [1.29, 1.82) is 0 Å². The van der Waals surface area contributed by atoms with E-state index in [0.29, 0.717) is 0 Å². The smallest absolute Gasteiger partial charge is 0.375 e. The molecule has 0 radical (unpaired) electrons. The summed E-state index contributed by atoms with van der Waals surface area (Å²) in [5.74, 6) is -0.467. The molecule has 2 aromatic rings. The van der Waals surface area contributed by atoms with E-state index in [-0.39, 0.29) is 10.9 Å². The first-order chi connectivity index (χ1) is 8.31. The van der Waals surface area contributed by atoms with E-state index in [9.17, 15) is 21.6 Å². The number of rotatable bonds is 2. The van der Waals surface area contributed by atoms with E-state index in [1.54, 1.807) is 0 Å². The average Bonchev–Trinajstić information content (AvgIpc) is 2.27. The number of aromatic nitrogens is 2. The van der Waals surface area contributed by atoms with E-state index in [0.717, 1.165) is 6.07 Å². The van der Waals surface area contributed by atoms with Crippen LogP contribution in [0.5, 0.6) is 5.75 Å². The molecular formula is C9H5F3N2O3S. The van der Waals surface area contributed by atoms with Gasteiger partial charge in [-0.1, -0.05) is 6.07 Å². The highest BCUT2D eigenvalue weighted by molar-refractivity contribution is 7.88. The van der Waals surface area contributed by atoms with Gasteiger partial charge in [-0.05, 0) is 12.1 Å². The Morgan fingerprint density at radius 1 is 1.22 bits per heavy atom. The number of hydrogen-bond donors (Lipinski definition) is 0. The summed E-state index contributed by atoms with van der Waals surface area (Å²) in [6.45, 7) is 0. The molecule has 0 bridgehead atoms. The quantitative estimate of drug-likeness (QED) is 0.619. The van der Waals surface area contributed by atoms with Crippen molar-refractivity contribution in [3.63, 3.8) is 0 Å². The number of nitrogens with zero attached hydrogens (tertiary/aromatic N) is 2. The van der Waals surface area contributed by atoms with Crippen molar-refractivity contribution in [1.82, 2.24) is 9.97 Å². The van der Waals surface area contributed by atoms with Gasteiger partial charge in [0.1, 0.15) is 6.33 Å². The highest BCUT2D eigenvalue weighted by atomic mass is 32.2. The maximum absolute atomic E-state index is 12.2. The summed E-state index contributed by atoms with van der Waals surface area (Å²) in [4.78, 5) is 7.37. The van der Waals surface area contributed by atoms with Crippen LogP contribution < -0.4 is 4.18 Å². The molecule has 1 aromatic carbocycles. The number of fused-ring (bicyclic) bond motifs is 1. The minimum absolute atomic E-state index is 0.0767. The fourth-order valence-corrected chi connectivity index (χ4v) is 1.69. The third-order valence-electron chi connectivity index (χ3n) is 1.99. The summed E-state index contributed by atoms with van der Waals surface area (Å²) in [5.41, 5.74) is -5.20. The number of benzene rings is 1. The maximum Gasteiger partial charge on any atom is 0.534 e. The molecule has 0 fully saturated rings. The predicted octanol–water partition coefficient (Wildman–Crippen LogP) is 1.86. The minimum Gasteiger partial charge on any atom is -0.375 e. The summed E-state index contributed by atoms with van der Waals surface area (Å²) in [7, 11) is -5.70. The van der Waals surface area contributed by atoms with Crippen molar-refractivity contribution in [3.8, 4) is 5.75 Å². The summed E-state index contributed by atoms with van der Waals surface area (Å²) in [6, 6.07) is 3.91. The van der Waals surface area contributed by atoms with Gasteiger partial charge in [0.15, 0.2) is 5.75 Å². The number of halogens is 3. The second-order valence-electron chi connectivity index (χ2n) is 3.19. The zero-order chi connectivity index (χ0) is 13.4. The van der Waals surface area contributed by atoms with Crippen LogP contribution in [0.4, 0.5) is 13.2 Å². The SMILES string of the molecule is O=S(=O)(Oc1cccc2ncncc12)C(F)(F)F. The van der Waals surface area contributed by atoms with Crippen LogP contribution in [-0.2, 0) is 10.1 Å². The molecule has 0 N–H and O–H groups in total. The van der Waals surface area contributed by atoms with Crippen molar-refractivity contribution in [2.45, 2.75) is 5.51 Å². The highest BCUT2D eigenvalue weighted by Gasteiger charge is 2.48. The van der Waals surface area contributed by atoms with E-state index in [2.05, 4.69) is 14.2 Å². The fourth-order valence-electron chi connectivity index (χ4n) is 1.22. The van der Waals surface area contributed by atoms with E-state index < -0.39 is 21.4 Å². The molecule has 0 atom stereocenters. The lowest BCUT2D eigenvalue weighted by Gasteiger charge is -2.10. The molecule has 1 aromatic heterocycles. The van der Waals surface area contributed by atoms with Crippen LogP contribution in [0.3, 0.4) is 0 Å². The first-order valence-electron chi connectivity index (χ1n) is 4.51. The Morgan fingerprint density at radius 3 is 2.61 bits per heavy atom. The monoisotopic (exact) mass is 278 g/mol. The molecule has 5 nitrogen and oxygen atoms in total. The maximum atomic E-state index is 12.2. The molecule has 9 heteroatoms. The molecule has 0 aliphatic carbocycles. The Bertz CT molecular complexity index is 680. The summed E-state index contributed by atoms with van der Waals surface area (Å²) in [6.07, 6.45) is 2.36. The van der Waals surface area contributed by atoms with Gasteiger partial charge in [0.25, 0.3) is 0 Å². The van der Waals surface area contributed by atoms with Gasteiger partial charge >= 0.3 is 15.6 Å². The van der Waals surface area contributed by atoms with Gasteiger partial charge < -0.3 is 4.18 Å². The van der Waals surface area contributed by atoms with Crippen LogP contribution in [0.15, 0.2) is 30.7 Å². The number of hydrogen-bond acceptors (Lipinski definition) is 5. The molecule has 0 unspecified atom stereocenters. The van der Waals surface area contributed by atoms with Gasteiger partial charge in [-0.3, -0.25) is 0 Å². The standard InChI is InChI=1S/C9H5F3N2O3S/c10-9(11,12)18(15,16)17-8-3-1-2-7-6(8)4-13-5-14-7/h1-5H. The van der Waals surface area contributed by atoms with E-state index in [1.165, 1.54) is 24.7 Å². The van der Waals surface area contributed by atoms with Crippen molar-refractivity contribution >= 4 is 21.0 Å². The van der Waals surface area contributed by atoms with Crippen molar-refractivity contribution in [2.24, 2.45) is 0 Å². The molecule has 0 aliphatic rings. The Balaban J connectivity index is 2.51. The van der Waals surface area contributed by atoms with Gasteiger partial charge in [0, 0.05) is 6.20 Å². The minimum atomic E-state index is -5.70. The van der Waals surface area contributed by atoms with Gasteiger partial charge in [-0.25, -0.2) is 9.97 Å². The third kappa shape index (κ3) is 2.21. The molecule has 96 valence electrons. The Labute approximate surface area is 99.4 Å². The highest BCUT2D eigenvalue weighted by Crippen LogP contribution is 2.30. The summed E-state index contributed by atoms with van der Waals surface area (Å²) < 4.78 is 62.3. The molecule has 2 rings (SSSR count). The zero-order valence-corrected chi connectivity index (χ0v) is 9.36. The van der Waals surface area contributed by atoms with Crippen molar-refractivity contribution in [3.05, 3.63) is 30.7 Å². The van der Waals surface area contributed by atoms with Gasteiger partial charge in [-0.2, -0.15) is 21.6 Å². The second kappa shape index (κ2) is 4.09.